The summed E-state index contributed by atoms with van der Waals surface area (Å²) < 4.78 is 27.0. The number of nitrogens with zero attached hydrogens (tertiary/aromatic N) is 2. The Kier molecular flexibility index (Phi) is 4.84. The molecule has 0 radical (unpaired) electrons. The first kappa shape index (κ1) is 18.9. The van der Waals surface area contributed by atoms with Crippen molar-refractivity contribution in [3.63, 3.8) is 0 Å². The third kappa shape index (κ3) is 4.25. The van der Waals surface area contributed by atoms with Gasteiger partial charge in [0.1, 0.15) is 11.6 Å². The van der Waals surface area contributed by atoms with Crippen molar-refractivity contribution in [1.82, 2.24) is 15.5 Å². The fourth-order valence-electron chi connectivity index (χ4n) is 4.16. The van der Waals surface area contributed by atoms with Gasteiger partial charge in [0.05, 0.1) is 6.07 Å². The minimum Gasteiger partial charge on any atom is -0.336 e. The Bertz CT molecular complexity index is 616. The van der Waals surface area contributed by atoms with Gasteiger partial charge in [-0.2, -0.15) is 5.26 Å². The lowest BCUT2D eigenvalue weighted by Crippen LogP contribution is -2.54. The third-order valence-corrected chi connectivity index (χ3v) is 5.89. The molecule has 0 aromatic rings. The van der Waals surface area contributed by atoms with Crippen LogP contribution in [0.1, 0.15) is 58.3 Å². The van der Waals surface area contributed by atoms with Crippen LogP contribution in [0.2, 0.25) is 0 Å². The number of amides is 3. The molecule has 1 atom stereocenters. The van der Waals surface area contributed by atoms with Crippen LogP contribution in [0.4, 0.5) is 13.6 Å². The first-order valence-electron chi connectivity index (χ1n) is 9.33. The molecule has 1 unspecified atom stereocenters. The molecule has 3 fully saturated rings. The molecule has 1 saturated heterocycles. The van der Waals surface area contributed by atoms with Crippen molar-refractivity contribution in [2.45, 2.75) is 75.8 Å². The number of rotatable bonds is 5. The number of carbonyl (C=O) groups excluding carboxylic acids is 2. The molecular formula is C18H26F2N4O2. The number of nitriles is 1. The van der Waals surface area contributed by atoms with Crippen LogP contribution in [0.5, 0.6) is 0 Å². The minimum atomic E-state index is -3.10. The number of alkyl halides is 2. The zero-order chi connectivity index (χ0) is 19.0. The van der Waals surface area contributed by atoms with Crippen molar-refractivity contribution in [3.05, 3.63) is 0 Å². The SMILES string of the molecule is CC(F)(F)CC(NC(=O)N1CCC2(CCCC2)C1)C(=O)NC1(C#N)CC1. The Hall–Kier alpha value is -1.91. The maximum absolute atomic E-state index is 13.5. The molecular weight excluding hydrogens is 342 g/mol. The normalized spacial score (nSPS) is 24.2. The number of nitrogens with one attached hydrogen (secondary N) is 2. The van der Waals surface area contributed by atoms with Gasteiger partial charge in [0.25, 0.3) is 0 Å². The molecule has 2 saturated carbocycles. The zero-order valence-corrected chi connectivity index (χ0v) is 15.1. The number of hydrogen-bond donors (Lipinski definition) is 2. The van der Waals surface area contributed by atoms with Crippen LogP contribution >= 0.6 is 0 Å². The first-order chi connectivity index (χ1) is 12.2. The molecule has 0 aromatic carbocycles. The summed E-state index contributed by atoms with van der Waals surface area (Å²) >= 11 is 0. The Labute approximate surface area is 152 Å². The maximum Gasteiger partial charge on any atom is 0.318 e. The summed E-state index contributed by atoms with van der Waals surface area (Å²) in [4.78, 5) is 26.6. The minimum absolute atomic E-state index is 0.169. The van der Waals surface area contributed by atoms with Gasteiger partial charge in [-0.3, -0.25) is 4.79 Å². The van der Waals surface area contributed by atoms with Crippen LogP contribution < -0.4 is 10.6 Å². The van der Waals surface area contributed by atoms with Gasteiger partial charge in [-0.05, 0) is 44.4 Å². The van der Waals surface area contributed by atoms with E-state index < -0.39 is 35.9 Å². The Balaban J connectivity index is 1.62. The predicted octanol–water partition coefficient (Wildman–Crippen LogP) is 2.55. The highest BCUT2D eigenvalue weighted by molar-refractivity contribution is 5.88. The monoisotopic (exact) mass is 368 g/mol. The summed E-state index contributed by atoms with van der Waals surface area (Å²) in [6, 6.07) is 0.174. The standard InChI is InChI=1S/C18H26F2N4O2/c1-16(19,20)10-13(14(25)23-18(11-21)6-7-18)22-15(26)24-9-8-17(12-24)4-2-3-5-17/h13H,2-10,12H2,1H3,(H,22,26)(H,23,25). The van der Waals surface area contributed by atoms with Crippen molar-refractivity contribution in [2.24, 2.45) is 5.41 Å². The lowest BCUT2D eigenvalue weighted by molar-refractivity contribution is -0.126. The molecule has 6 nitrogen and oxygen atoms in total. The predicted molar refractivity (Wildman–Crippen MR) is 90.4 cm³/mol. The Morgan fingerprint density at radius 1 is 1.23 bits per heavy atom. The van der Waals surface area contributed by atoms with Gasteiger partial charge in [-0.1, -0.05) is 12.8 Å². The van der Waals surface area contributed by atoms with Gasteiger partial charge >= 0.3 is 6.03 Å². The maximum atomic E-state index is 13.5. The van der Waals surface area contributed by atoms with Crippen LogP contribution in [0.3, 0.4) is 0 Å². The summed E-state index contributed by atoms with van der Waals surface area (Å²) in [5.41, 5.74) is -0.784. The van der Waals surface area contributed by atoms with Gasteiger partial charge in [-0.25, -0.2) is 13.6 Å². The quantitative estimate of drug-likeness (QED) is 0.782. The molecule has 1 aliphatic heterocycles. The van der Waals surface area contributed by atoms with E-state index in [1.807, 2.05) is 6.07 Å². The molecule has 26 heavy (non-hydrogen) atoms. The van der Waals surface area contributed by atoms with E-state index in [1.54, 1.807) is 4.90 Å². The van der Waals surface area contributed by atoms with E-state index in [2.05, 4.69) is 10.6 Å². The number of halogens is 2. The summed E-state index contributed by atoms with van der Waals surface area (Å²) in [7, 11) is 0. The number of urea groups is 1. The van der Waals surface area contributed by atoms with E-state index in [-0.39, 0.29) is 5.41 Å². The molecule has 2 N–H and O–H groups in total. The summed E-state index contributed by atoms with van der Waals surface area (Å²) in [6.07, 6.45) is 5.68. The van der Waals surface area contributed by atoms with E-state index >= 15 is 0 Å². The van der Waals surface area contributed by atoms with Crippen molar-refractivity contribution in [2.75, 3.05) is 13.1 Å². The molecule has 2 aliphatic carbocycles. The summed E-state index contributed by atoms with van der Waals surface area (Å²) in [5.74, 6) is -3.82. The average molecular weight is 368 g/mol. The van der Waals surface area contributed by atoms with Crippen molar-refractivity contribution in [1.29, 1.82) is 5.26 Å². The van der Waals surface area contributed by atoms with Gasteiger partial charge in [-0.15, -0.1) is 0 Å². The van der Waals surface area contributed by atoms with Crippen LogP contribution in [-0.2, 0) is 4.79 Å². The molecule has 1 spiro atoms. The zero-order valence-electron chi connectivity index (χ0n) is 15.1. The smallest absolute Gasteiger partial charge is 0.318 e. The molecule has 144 valence electrons. The molecule has 8 heteroatoms. The number of carbonyl (C=O) groups is 2. The van der Waals surface area contributed by atoms with Gasteiger partial charge in [0.2, 0.25) is 11.8 Å². The second kappa shape index (κ2) is 6.67. The van der Waals surface area contributed by atoms with Crippen LogP contribution in [0.15, 0.2) is 0 Å². The van der Waals surface area contributed by atoms with Crippen LogP contribution in [-0.4, -0.2) is 47.4 Å². The molecule has 3 aliphatic rings. The van der Waals surface area contributed by atoms with Crippen molar-refractivity contribution >= 4 is 11.9 Å². The fraction of sp³-hybridized carbons (Fsp3) is 0.833. The Morgan fingerprint density at radius 3 is 2.42 bits per heavy atom. The average Bonchev–Trinajstić information content (AvgIpc) is 3.00. The lowest BCUT2D eigenvalue weighted by atomic mass is 9.86. The van der Waals surface area contributed by atoms with E-state index in [4.69, 9.17) is 5.26 Å². The van der Waals surface area contributed by atoms with E-state index in [1.165, 1.54) is 12.8 Å². The van der Waals surface area contributed by atoms with Gasteiger partial charge in [0.15, 0.2) is 0 Å². The second-order valence-corrected chi connectivity index (χ2v) is 8.34. The lowest BCUT2D eigenvalue weighted by Gasteiger charge is -2.27. The van der Waals surface area contributed by atoms with E-state index in [0.717, 1.165) is 26.2 Å². The van der Waals surface area contributed by atoms with E-state index in [9.17, 15) is 18.4 Å². The first-order valence-corrected chi connectivity index (χ1v) is 9.33. The Morgan fingerprint density at radius 2 is 1.88 bits per heavy atom. The van der Waals surface area contributed by atoms with Crippen LogP contribution in [0.25, 0.3) is 0 Å². The highest BCUT2D eigenvalue weighted by atomic mass is 19.3. The molecule has 3 rings (SSSR count). The van der Waals surface area contributed by atoms with E-state index in [0.29, 0.717) is 25.9 Å². The number of likely N-dealkylation sites (tertiary alicyclic amines) is 1. The van der Waals surface area contributed by atoms with Crippen LogP contribution in [0, 0.1) is 16.7 Å². The molecule has 0 bridgehead atoms. The van der Waals surface area contributed by atoms with Gasteiger partial charge < -0.3 is 15.5 Å². The molecule has 3 amide bonds. The van der Waals surface area contributed by atoms with Crippen molar-refractivity contribution < 1.29 is 18.4 Å². The van der Waals surface area contributed by atoms with Crippen molar-refractivity contribution in [3.8, 4) is 6.07 Å². The second-order valence-electron chi connectivity index (χ2n) is 8.34. The highest BCUT2D eigenvalue weighted by Gasteiger charge is 2.47. The number of hydrogen-bond acceptors (Lipinski definition) is 3. The summed E-state index contributed by atoms with van der Waals surface area (Å²) in [5, 5.41) is 14.1. The third-order valence-electron chi connectivity index (χ3n) is 5.89. The molecule has 0 aromatic heterocycles. The van der Waals surface area contributed by atoms with Gasteiger partial charge in [0, 0.05) is 19.5 Å². The largest absolute Gasteiger partial charge is 0.336 e. The topological polar surface area (TPSA) is 85.2 Å². The molecule has 1 heterocycles. The summed E-state index contributed by atoms with van der Waals surface area (Å²) in [6.45, 7) is 1.93. The highest BCUT2D eigenvalue weighted by Crippen LogP contribution is 2.45. The fourth-order valence-corrected chi connectivity index (χ4v) is 4.16.